The van der Waals surface area contributed by atoms with Crippen LogP contribution >= 0.6 is 0 Å². The lowest BCUT2D eigenvalue weighted by molar-refractivity contribution is -0.133. The molecule has 6 rings (SSSR count). The Morgan fingerprint density at radius 2 is 1.84 bits per heavy atom. The first-order chi connectivity index (χ1) is 24.2. The third-order valence-corrected chi connectivity index (χ3v) is 8.62. The molecule has 1 aliphatic rings. The maximum Gasteiger partial charge on any atom is 0.420 e. The smallest absolute Gasteiger partial charge is 0.420 e. The Hall–Kier alpha value is -5.66. The summed E-state index contributed by atoms with van der Waals surface area (Å²) >= 11 is 0. The van der Waals surface area contributed by atoms with Crippen LogP contribution in [-0.2, 0) is 35.5 Å². The molecule has 2 aromatic carbocycles. The molecular formula is C37H42FN7O6. The van der Waals surface area contributed by atoms with Crippen molar-refractivity contribution in [3.05, 3.63) is 82.0 Å². The second-order valence-corrected chi connectivity index (χ2v) is 13.7. The Morgan fingerprint density at radius 1 is 1.10 bits per heavy atom. The van der Waals surface area contributed by atoms with Crippen molar-refractivity contribution < 1.29 is 27.9 Å². The minimum Gasteiger partial charge on any atom is -0.497 e. The summed E-state index contributed by atoms with van der Waals surface area (Å²) in [5.74, 6) is 0.147. The molecule has 1 aliphatic heterocycles. The predicted molar refractivity (Wildman–Crippen MR) is 191 cm³/mol. The van der Waals surface area contributed by atoms with Crippen LogP contribution in [0.1, 0.15) is 58.5 Å². The first-order valence-electron chi connectivity index (χ1n) is 16.9. The van der Waals surface area contributed by atoms with E-state index in [0.29, 0.717) is 53.2 Å². The maximum atomic E-state index is 16.6. The Labute approximate surface area is 294 Å². The summed E-state index contributed by atoms with van der Waals surface area (Å²) in [6.45, 7) is 11.9. The number of nitrogens with one attached hydrogen (secondary N) is 2. The zero-order valence-electron chi connectivity index (χ0n) is 29.8. The predicted octanol–water partition coefficient (Wildman–Crippen LogP) is 6.50. The Balaban J connectivity index is 1.40. The summed E-state index contributed by atoms with van der Waals surface area (Å²) < 4.78 is 36.2. The normalized spacial score (nSPS) is 13.4. The van der Waals surface area contributed by atoms with Crippen LogP contribution in [-0.4, -0.2) is 61.5 Å². The van der Waals surface area contributed by atoms with Crippen molar-refractivity contribution in [2.24, 2.45) is 0 Å². The number of carbonyl (C=O) groups excluding carboxylic acids is 2. The van der Waals surface area contributed by atoms with E-state index in [0.717, 1.165) is 11.3 Å². The van der Waals surface area contributed by atoms with Crippen LogP contribution in [0, 0.1) is 5.82 Å². The third-order valence-electron chi connectivity index (χ3n) is 8.62. The van der Waals surface area contributed by atoms with E-state index in [1.165, 1.54) is 10.8 Å². The molecule has 0 atom stereocenters. The number of hydrogen-bond acceptors (Lipinski definition) is 9. The van der Waals surface area contributed by atoms with Gasteiger partial charge in [-0.1, -0.05) is 19.1 Å². The lowest BCUT2D eigenvalue weighted by Gasteiger charge is -2.24. The van der Waals surface area contributed by atoms with Gasteiger partial charge in [-0.15, -0.1) is 0 Å². The van der Waals surface area contributed by atoms with Crippen LogP contribution in [0.5, 0.6) is 5.75 Å². The number of oxazole rings is 1. The fourth-order valence-electron chi connectivity index (χ4n) is 6.21. The van der Waals surface area contributed by atoms with Gasteiger partial charge in [0.05, 0.1) is 30.6 Å². The fourth-order valence-corrected chi connectivity index (χ4v) is 6.21. The van der Waals surface area contributed by atoms with E-state index in [-0.39, 0.29) is 42.0 Å². The lowest BCUT2D eigenvalue weighted by atomic mass is 10.0. The number of nitrogens with zero attached hydrogens (tertiary/aromatic N) is 5. The minimum absolute atomic E-state index is 0.00210. The van der Waals surface area contributed by atoms with Crippen LogP contribution < -0.4 is 21.1 Å². The summed E-state index contributed by atoms with van der Waals surface area (Å²) in [6.07, 6.45) is 1.58. The van der Waals surface area contributed by atoms with Crippen LogP contribution in [0.2, 0.25) is 0 Å². The molecule has 0 spiro atoms. The van der Waals surface area contributed by atoms with E-state index in [2.05, 4.69) is 20.7 Å². The summed E-state index contributed by atoms with van der Waals surface area (Å²) in [6, 6.07) is 12.5. The standard InChI is InChI=1S/C37H42FN7O6/c1-8-28-34(50-36(48)44(28)19-22-9-11-25(49-7)12-10-22)26-15-23-16-29(39-18-27(23)33(32(26)38)41-35(47)51-37(4,5)6)40-30-17-24-13-14-43(21(2)3)31(46)20-45(24)42-30/h9-12,15-18,21H,8,13-14,19-20H2,1-7H3,(H,41,47)(H,39,40,42). The Morgan fingerprint density at radius 3 is 2.51 bits per heavy atom. The molecule has 3 aromatic heterocycles. The quantitative estimate of drug-likeness (QED) is 0.176. The molecule has 13 nitrogen and oxygen atoms in total. The van der Waals surface area contributed by atoms with E-state index in [9.17, 15) is 14.4 Å². The molecule has 0 radical (unpaired) electrons. The number of aromatic nitrogens is 4. The number of hydrogen-bond donors (Lipinski definition) is 2. The van der Waals surface area contributed by atoms with Gasteiger partial charge >= 0.3 is 11.8 Å². The van der Waals surface area contributed by atoms with Crippen LogP contribution in [0.15, 0.2) is 57.9 Å². The third kappa shape index (κ3) is 7.44. The summed E-state index contributed by atoms with van der Waals surface area (Å²) in [7, 11) is 1.57. The first kappa shape index (κ1) is 35.2. The molecule has 268 valence electrons. The zero-order valence-corrected chi connectivity index (χ0v) is 29.8. The van der Waals surface area contributed by atoms with E-state index in [1.807, 2.05) is 43.9 Å². The van der Waals surface area contributed by atoms with Crippen molar-refractivity contribution in [1.29, 1.82) is 0 Å². The van der Waals surface area contributed by atoms with Gasteiger partial charge < -0.3 is 24.1 Å². The number of fused-ring (bicyclic) bond motifs is 2. The number of rotatable bonds is 9. The highest BCUT2D eigenvalue weighted by Gasteiger charge is 2.27. The number of pyridine rings is 1. The number of carbonyl (C=O) groups is 2. The molecule has 0 fully saturated rings. The van der Waals surface area contributed by atoms with Gasteiger partial charge in [-0.2, -0.15) is 5.10 Å². The van der Waals surface area contributed by atoms with Crippen molar-refractivity contribution in [3.63, 3.8) is 0 Å². The van der Waals surface area contributed by atoms with Gasteiger partial charge in [0.2, 0.25) is 5.91 Å². The maximum absolute atomic E-state index is 16.6. The van der Waals surface area contributed by atoms with Gasteiger partial charge in [0.25, 0.3) is 0 Å². The summed E-state index contributed by atoms with van der Waals surface area (Å²) in [4.78, 5) is 45.3. The number of amides is 2. The number of ether oxygens (including phenoxy) is 2. The van der Waals surface area contributed by atoms with Crippen LogP contribution in [0.4, 0.5) is 26.5 Å². The summed E-state index contributed by atoms with van der Waals surface area (Å²) in [5.41, 5.74) is 1.18. The molecule has 5 aromatic rings. The van der Waals surface area contributed by atoms with E-state index >= 15 is 4.39 Å². The largest absolute Gasteiger partial charge is 0.497 e. The topological polar surface area (TPSA) is 146 Å². The Bertz CT molecular complexity index is 2160. The van der Waals surface area contributed by atoms with Crippen molar-refractivity contribution >= 4 is 40.1 Å². The van der Waals surface area contributed by atoms with Crippen LogP contribution in [0.25, 0.3) is 22.1 Å². The van der Waals surface area contributed by atoms with Gasteiger partial charge in [0.1, 0.15) is 23.7 Å². The highest BCUT2D eigenvalue weighted by molar-refractivity contribution is 6.03. The molecule has 0 saturated heterocycles. The molecule has 2 N–H and O–H groups in total. The minimum atomic E-state index is -0.860. The summed E-state index contributed by atoms with van der Waals surface area (Å²) in [5, 5.41) is 11.2. The van der Waals surface area contributed by atoms with E-state index in [1.54, 1.807) is 56.8 Å². The molecule has 0 aliphatic carbocycles. The molecular weight excluding hydrogens is 657 g/mol. The molecule has 0 unspecified atom stereocenters. The molecule has 14 heteroatoms. The van der Waals surface area contributed by atoms with Crippen LogP contribution in [0.3, 0.4) is 0 Å². The van der Waals surface area contributed by atoms with Crippen molar-refractivity contribution in [3.8, 4) is 17.1 Å². The van der Waals surface area contributed by atoms with Gasteiger partial charge in [-0.3, -0.25) is 19.4 Å². The van der Waals surface area contributed by atoms with E-state index < -0.39 is 23.3 Å². The second-order valence-electron chi connectivity index (χ2n) is 13.7. The zero-order chi connectivity index (χ0) is 36.6. The van der Waals surface area contributed by atoms with Crippen molar-refractivity contribution in [1.82, 2.24) is 24.2 Å². The molecule has 0 bridgehead atoms. The molecule has 0 saturated carbocycles. The number of anilines is 3. The van der Waals surface area contributed by atoms with Crippen molar-refractivity contribution in [2.75, 3.05) is 24.3 Å². The van der Waals surface area contributed by atoms with Gasteiger partial charge in [-0.05, 0) is 76.3 Å². The van der Waals surface area contributed by atoms with Gasteiger partial charge in [0, 0.05) is 42.4 Å². The van der Waals surface area contributed by atoms with Gasteiger partial charge in [-0.25, -0.2) is 19.0 Å². The van der Waals surface area contributed by atoms with E-state index in [4.69, 9.17) is 13.9 Å². The number of halogens is 1. The fraction of sp³-hybridized carbons (Fsp3) is 0.378. The lowest BCUT2D eigenvalue weighted by Crippen LogP contribution is -2.38. The number of benzene rings is 2. The highest BCUT2D eigenvalue weighted by Crippen LogP contribution is 2.38. The molecule has 4 heterocycles. The average Bonchev–Trinajstić information content (AvgIpc) is 3.54. The van der Waals surface area contributed by atoms with Gasteiger partial charge in [0.15, 0.2) is 17.4 Å². The van der Waals surface area contributed by atoms with Crippen molar-refractivity contribution in [2.45, 2.75) is 79.1 Å². The average molecular weight is 700 g/mol. The first-order valence-corrected chi connectivity index (χ1v) is 16.9. The second kappa shape index (κ2) is 13.9. The molecule has 51 heavy (non-hydrogen) atoms. The monoisotopic (exact) mass is 699 g/mol. The molecule has 2 amide bonds. The SMILES string of the molecule is CCc1c(-c2cc3cc(Nc4cc5n(n4)CC(=O)N(C(C)C)CC5)ncc3c(NC(=O)OC(C)(C)C)c2F)oc(=O)n1Cc1ccc(OC)cc1. The highest BCUT2D eigenvalue weighted by atomic mass is 19.1. The number of methoxy groups -OCH3 is 1. The Kier molecular flexibility index (Phi) is 9.60.